The van der Waals surface area contributed by atoms with Crippen LogP contribution < -0.4 is 20.7 Å². The van der Waals surface area contributed by atoms with Gasteiger partial charge in [0.2, 0.25) is 5.91 Å². The fraction of sp³-hybridized carbons (Fsp3) is 0.467. The smallest absolute Gasteiger partial charge is 0.268 e. The van der Waals surface area contributed by atoms with E-state index in [1.54, 1.807) is 20.0 Å². The first-order chi connectivity index (χ1) is 9.97. The molecule has 1 aromatic rings. The number of ether oxygens (including phenoxy) is 1. The van der Waals surface area contributed by atoms with E-state index < -0.39 is 6.10 Å². The van der Waals surface area contributed by atoms with E-state index >= 15 is 0 Å². The predicted molar refractivity (Wildman–Crippen MR) is 80.2 cm³/mol. The van der Waals surface area contributed by atoms with Gasteiger partial charge < -0.3 is 15.8 Å². The van der Waals surface area contributed by atoms with Crippen LogP contribution in [0.15, 0.2) is 18.2 Å². The van der Waals surface area contributed by atoms with Gasteiger partial charge in [-0.15, -0.1) is 0 Å². The van der Waals surface area contributed by atoms with Crippen molar-refractivity contribution < 1.29 is 14.3 Å². The van der Waals surface area contributed by atoms with Crippen molar-refractivity contribution in [3.8, 4) is 5.75 Å². The molecule has 21 heavy (non-hydrogen) atoms. The number of hydrogen-bond acceptors (Lipinski definition) is 4. The normalized spacial score (nSPS) is 18.8. The van der Waals surface area contributed by atoms with Crippen LogP contribution in [0, 0.1) is 0 Å². The first-order valence-corrected chi connectivity index (χ1v) is 7.06. The zero-order valence-electron chi connectivity index (χ0n) is 12.6. The van der Waals surface area contributed by atoms with Crippen LogP contribution in [0.3, 0.4) is 0 Å². The van der Waals surface area contributed by atoms with Gasteiger partial charge >= 0.3 is 0 Å². The Hall–Kier alpha value is -2.08. The highest BCUT2D eigenvalue weighted by Crippen LogP contribution is 2.36. The number of nitrogens with two attached hydrogens (primary N) is 1. The minimum absolute atomic E-state index is 0.0269. The Kier molecular flexibility index (Phi) is 4.47. The fourth-order valence-corrected chi connectivity index (χ4v) is 2.28. The summed E-state index contributed by atoms with van der Waals surface area (Å²) in [7, 11) is 1.54. The van der Waals surface area contributed by atoms with Crippen LogP contribution in [0.5, 0.6) is 5.75 Å². The van der Waals surface area contributed by atoms with Gasteiger partial charge in [0.05, 0.1) is 5.69 Å². The van der Waals surface area contributed by atoms with Crippen LogP contribution in [0.25, 0.3) is 0 Å². The summed E-state index contributed by atoms with van der Waals surface area (Å²) >= 11 is 0. The van der Waals surface area contributed by atoms with Crippen molar-refractivity contribution in [2.45, 2.75) is 32.4 Å². The van der Waals surface area contributed by atoms with Crippen LogP contribution in [0.2, 0.25) is 0 Å². The number of fused-ring (bicyclic) bond motifs is 1. The first-order valence-electron chi connectivity index (χ1n) is 7.06. The average molecular weight is 291 g/mol. The summed E-state index contributed by atoms with van der Waals surface area (Å²) in [6, 6.07) is 5.43. The lowest BCUT2D eigenvalue weighted by atomic mass is 10.0. The Labute approximate surface area is 124 Å². The number of nitrogens with one attached hydrogen (secondary N) is 1. The molecule has 0 saturated carbocycles. The lowest BCUT2D eigenvalue weighted by Gasteiger charge is -2.33. The van der Waals surface area contributed by atoms with Crippen molar-refractivity contribution in [3.63, 3.8) is 0 Å². The molecular weight excluding hydrogens is 270 g/mol. The molecule has 1 aliphatic heterocycles. The summed E-state index contributed by atoms with van der Waals surface area (Å²) in [6.07, 6.45) is 0.187. The third-order valence-electron chi connectivity index (χ3n) is 3.64. The second-order valence-corrected chi connectivity index (χ2v) is 5.10. The molecule has 3 N–H and O–H groups in total. The van der Waals surface area contributed by atoms with Gasteiger partial charge in [0.1, 0.15) is 12.3 Å². The van der Waals surface area contributed by atoms with Gasteiger partial charge in [0.25, 0.3) is 5.91 Å². The van der Waals surface area contributed by atoms with E-state index in [1.807, 2.05) is 19.1 Å². The minimum atomic E-state index is -0.604. The summed E-state index contributed by atoms with van der Waals surface area (Å²) in [6.45, 7) is 3.64. The van der Waals surface area contributed by atoms with E-state index in [-0.39, 0.29) is 24.4 Å². The van der Waals surface area contributed by atoms with Gasteiger partial charge in [-0.25, -0.2) is 0 Å². The number of nitrogens with zero attached hydrogens (tertiary/aromatic N) is 1. The number of carbonyl (C=O) groups is 2. The number of benzene rings is 1. The zero-order valence-corrected chi connectivity index (χ0v) is 12.6. The van der Waals surface area contributed by atoms with E-state index in [9.17, 15) is 9.59 Å². The average Bonchev–Trinajstić information content (AvgIpc) is 2.50. The lowest BCUT2D eigenvalue weighted by Crippen LogP contribution is -2.48. The molecule has 0 aromatic heterocycles. The number of rotatable bonds is 4. The standard InChI is InChI=1S/C15H21N3O3/c1-4-11(16)10-5-6-13-12(7-10)18(8-14(19)17-3)15(20)9(2)21-13/h5-7,9,11H,4,8,16H2,1-3H3,(H,17,19). The largest absolute Gasteiger partial charge is 0.479 e. The number of amides is 2. The number of anilines is 1. The van der Waals surface area contributed by atoms with Crippen LogP contribution >= 0.6 is 0 Å². The fourth-order valence-electron chi connectivity index (χ4n) is 2.28. The Balaban J connectivity index is 2.42. The van der Waals surface area contributed by atoms with Gasteiger partial charge in [0.15, 0.2) is 6.10 Å². The van der Waals surface area contributed by atoms with Crippen LogP contribution in [-0.4, -0.2) is 31.5 Å². The maximum atomic E-state index is 12.3. The van der Waals surface area contributed by atoms with Crippen molar-refractivity contribution >= 4 is 17.5 Å². The zero-order chi connectivity index (χ0) is 15.6. The molecule has 6 nitrogen and oxygen atoms in total. The maximum Gasteiger partial charge on any atom is 0.268 e. The molecule has 0 aliphatic carbocycles. The van der Waals surface area contributed by atoms with E-state index in [4.69, 9.17) is 10.5 Å². The second kappa shape index (κ2) is 6.13. The Morgan fingerprint density at radius 2 is 2.24 bits per heavy atom. The highest BCUT2D eigenvalue weighted by molar-refractivity contribution is 6.03. The van der Waals surface area contributed by atoms with Gasteiger partial charge in [-0.2, -0.15) is 0 Å². The monoisotopic (exact) mass is 291 g/mol. The highest BCUT2D eigenvalue weighted by atomic mass is 16.5. The molecule has 6 heteroatoms. The van der Waals surface area contributed by atoms with Crippen LogP contribution in [0.1, 0.15) is 31.9 Å². The molecule has 2 rings (SSSR count). The van der Waals surface area contributed by atoms with E-state index in [0.717, 1.165) is 12.0 Å². The second-order valence-electron chi connectivity index (χ2n) is 5.10. The third kappa shape index (κ3) is 3.00. The molecule has 0 saturated heterocycles. The van der Waals surface area contributed by atoms with Crippen molar-refractivity contribution in [1.29, 1.82) is 0 Å². The molecule has 114 valence electrons. The summed E-state index contributed by atoms with van der Waals surface area (Å²) in [4.78, 5) is 25.4. The summed E-state index contributed by atoms with van der Waals surface area (Å²) < 4.78 is 5.59. The molecule has 0 fully saturated rings. The molecule has 0 spiro atoms. The van der Waals surface area contributed by atoms with Crippen LogP contribution in [0.4, 0.5) is 5.69 Å². The number of carbonyl (C=O) groups excluding carboxylic acids is 2. The van der Waals surface area contributed by atoms with Gasteiger partial charge in [-0.05, 0) is 31.0 Å². The van der Waals surface area contributed by atoms with E-state index in [1.165, 1.54) is 4.90 Å². The number of likely N-dealkylation sites (N-methyl/N-ethyl adjacent to an activating group) is 1. The Morgan fingerprint density at radius 1 is 1.52 bits per heavy atom. The molecule has 1 heterocycles. The quantitative estimate of drug-likeness (QED) is 0.865. The van der Waals surface area contributed by atoms with Crippen molar-refractivity contribution in [2.24, 2.45) is 5.73 Å². The maximum absolute atomic E-state index is 12.3. The van der Waals surface area contributed by atoms with Crippen molar-refractivity contribution in [1.82, 2.24) is 5.32 Å². The van der Waals surface area contributed by atoms with E-state index in [0.29, 0.717) is 11.4 Å². The highest BCUT2D eigenvalue weighted by Gasteiger charge is 2.32. The molecule has 0 bridgehead atoms. The van der Waals surface area contributed by atoms with Gasteiger partial charge in [0, 0.05) is 13.1 Å². The van der Waals surface area contributed by atoms with Gasteiger partial charge in [-0.1, -0.05) is 13.0 Å². The Bertz CT molecular complexity index is 559. The lowest BCUT2D eigenvalue weighted by molar-refractivity contribution is -0.128. The summed E-state index contributed by atoms with van der Waals surface area (Å²) in [5.41, 5.74) is 7.56. The summed E-state index contributed by atoms with van der Waals surface area (Å²) in [5, 5.41) is 2.53. The van der Waals surface area contributed by atoms with Crippen molar-refractivity contribution in [2.75, 3.05) is 18.5 Å². The van der Waals surface area contributed by atoms with E-state index in [2.05, 4.69) is 5.32 Å². The molecule has 1 aromatic carbocycles. The minimum Gasteiger partial charge on any atom is -0.479 e. The van der Waals surface area contributed by atoms with Crippen molar-refractivity contribution in [3.05, 3.63) is 23.8 Å². The summed E-state index contributed by atoms with van der Waals surface area (Å²) in [5.74, 6) is 0.139. The van der Waals surface area contributed by atoms with Crippen LogP contribution in [-0.2, 0) is 9.59 Å². The first kappa shape index (κ1) is 15.3. The topological polar surface area (TPSA) is 84.7 Å². The molecule has 2 amide bonds. The Morgan fingerprint density at radius 3 is 2.86 bits per heavy atom. The molecule has 1 aliphatic rings. The molecule has 2 unspecified atom stereocenters. The SMILES string of the molecule is CCC(N)c1ccc2c(c1)N(CC(=O)NC)C(=O)C(C)O2. The van der Waals surface area contributed by atoms with Gasteiger partial charge in [-0.3, -0.25) is 14.5 Å². The third-order valence-corrected chi connectivity index (χ3v) is 3.64. The molecule has 2 atom stereocenters. The molecule has 0 radical (unpaired) electrons. The predicted octanol–water partition coefficient (Wildman–Crippen LogP) is 0.956. The molecular formula is C15H21N3O3. The number of hydrogen-bond donors (Lipinski definition) is 2.